The average molecular weight is 238 g/mol. The Bertz CT molecular complexity index is 453. The van der Waals surface area contributed by atoms with Crippen molar-refractivity contribution in [2.75, 3.05) is 23.9 Å². The van der Waals surface area contributed by atoms with Crippen molar-refractivity contribution in [1.82, 2.24) is 10.2 Å². The summed E-state index contributed by atoms with van der Waals surface area (Å²) in [6.45, 7) is 4.18. The lowest BCUT2D eigenvalue weighted by atomic mass is 10.1. The van der Waals surface area contributed by atoms with Crippen LogP contribution in [0.1, 0.15) is 16.8 Å². The van der Waals surface area contributed by atoms with Crippen molar-refractivity contribution in [3.05, 3.63) is 16.8 Å². The molecule has 86 valence electrons. The Balaban J connectivity index is 2.85. The second-order valence-electron chi connectivity index (χ2n) is 3.45. The van der Waals surface area contributed by atoms with E-state index < -0.39 is 10.8 Å². The number of nitriles is 1. The first-order valence-electron chi connectivity index (χ1n) is 4.84. The zero-order valence-electron chi connectivity index (χ0n) is 9.57. The average Bonchev–Trinajstić information content (AvgIpc) is 2.23. The minimum Gasteiger partial charge on any atom is -0.367 e. The molecule has 0 aliphatic heterocycles. The molecular formula is C10H14N4OS. The molecule has 1 unspecified atom stereocenters. The number of rotatable bonds is 4. The summed E-state index contributed by atoms with van der Waals surface area (Å²) in [4.78, 5) is 0. The molecule has 1 aromatic rings. The monoisotopic (exact) mass is 238 g/mol. The number of nitrogens with zero attached hydrogens (tertiary/aromatic N) is 3. The Morgan fingerprint density at radius 1 is 1.44 bits per heavy atom. The lowest BCUT2D eigenvalue weighted by Crippen LogP contribution is -2.13. The number of hydrogen-bond acceptors (Lipinski definition) is 5. The van der Waals surface area contributed by atoms with Gasteiger partial charge in [0.05, 0.1) is 5.69 Å². The molecular weight excluding hydrogens is 224 g/mol. The molecule has 0 aliphatic rings. The van der Waals surface area contributed by atoms with Gasteiger partial charge in [0.2, 0.25) is 0 Å². The second-order valence-corrected chi connectivity index (χ2v) is 5.00. The van der Waals surface area contributed by atoms with Crippen LogP contribution in [0.25, 0.3) is 0 Å². The van der Waals surface area contributed by atoms with E-state index in [0.717, 1.165) is 11.3 Å². The van der Waals surface area contributed by atoms with Gasteiger partial charge in [-0.2, -0.15) is 10.4 Å². The Morgan fingerprint density at radius 3 is 2.69 bits per heavy atom. The van der Waals surface area contributed by atoms with E-state index in [9.17, 15) is 4.21 Å². The highest BCUT2D eigenvalue weighted by Crippen LogP contribution is 2.16. The predicted octanol–water partition coefficient (Wildman–Crippen LogP) is 0.756. The highest BCUT2D eigenvalue weighted by molar-refractivity contribution is 7.84. The topological polar surface area (TPSA) is 78.7 Å². The van der Waals surface area contributed by atoms with E-state index >= 15 is 0 Å². The maximum absolute atomic E-state index is 10.9. The first kappa shape index (κ1) is 12.6. The van der Waals surface area contributed by atoms with Crippen molar-refractivity contribution in [2.24, 2.45) is 0 Å². The second kappa shape index (κ2) is 5.56. The molecule has 0 saturated carbocycles. The van der Waals surface area contributed by atoms with Gasteiger partial charge in [-0.15, -0.1) is 5.10 Å². The van der Waals surface area contributed by atoms with E-state index in [4.69, 9.17) is 5.26 Å². The van der Waals surface area contributed by atoms with Crippen molar-refractivity contribution >= 4 is 16.6 Å². The van der Waals surface area contributed by atoms with Gasteiger partial charge in [-0.1, -0.05) is 0 Å². The van der Waals surface area contributed by atoms with Crippen LogP contribution < -0.4 is 5.32 Å². The number of aryl methyl sites for hydroxylation is 1. The fourth-order valence-electron chi connectivity index (χ4n) is 1.18. The molecule has 0 bridgehead atoms. The van der Waals surface area contributed by atoms with E-state index in [0.29, 0.717) is 23.7 Å². The standard InChI is InChI=1S/C10H14N4OS/c1-7-8(2)13-14-10(9(7)6-11)12-4-5-16(3)15/h4-5H2,1-3H3,(H,12,14). The molecule has 0 fully saturated rings. The quantitative estimate of drug-likeness (QED) is 0.837. The van der Waals surface area contributed by atoms with Crippen molar-refractivity contribution in [1.29, 1.82) is 5.26 Å². The molecule has 0 radical (unpaired) electrons. The molecule has 0 spiro atoms. The summed E-state index contributed by atoms with van der Waals surface area (Å²) in [7, 11) is -0.851. The zero-order chi connectivity index (χ0) is 12.1. The first-order valence-corrected chi connectivity index (χ1v) is 6.57. The van der Waals surface area contributed by atoms with Crippen LogP contribution in [-0.4, -0.2) is 33.0 Å². The summed E-state index contributed by atoms with van der Waals surface area (Å²) in [5, 5.41) is 19.9. The van der Waals surface area contributed by atoms with Crippen LogP contribution in [0.2, 0.25) is 0 Å². The minimum atomic E-state index is -0.851. The van der Waals surface area contributed by atoms with Crippen LogP contribution in [0.3, 0.4) is 0 Å². The van der Waals surface area contributed by atoms with Crippen LogP contribution >= 0.6 is 0 Å². The molecule has 0 saturated heterocycles. The van der Waals surface area contributed by atoms with E-state index in [2.05, 4.69) is 21.6 Å². The third-order valence-electron chi connectivity index (χ3n) is 2.25. The molecule has 1 N–H and O–H groups in total. The van der Waals surface area contributed by atoms with Crippen LogP contribution in [-0.2, 0) is 10.8 Å². The third-order valence-corrected chi connectivity index (χ3v) is 3.03. The number of anilines is 1. The van der Waals surface area contributed by atoms with Crippen molar-refractivity contribution in [3.63, 3.8) is 0 Å². The highest BCUT2D eigenvalue weighted by Gasteiger charge is 2.09. The molecule has 1 atom stereocenters. The summed E-state index contributed by atoms with van der Waals surface area (Å²) < 4.78 is 10.9. The van der Waals surface area contributed by atoms with Gasteiger partial charge in [0, 0.05) is 29.4 Å². The van der Waals surface area contributed by atoms with Crippen LogP contribution in [0.15, 0.2) is 0 Å². The molecule has 5 nitrogen and oxygen atoms in total. The van der Waals surface area contributed by atoms with E-state index in [1.165, 1.54) is 0 Å². The maximum Gasteiger partial charge on any atom is 0.166 e. The van der Waals surface area contributed by atoms with Gasteiger partial charge < -0.3 is 5.32 Å². The zero-order valence-corrected chi connectivity index (χ0v) is 10.4. The summed E-state index contributed by atoms with van der Waals surface area (Å²) in [6.07, 6.45) is 1.64. The highest BCUT2D eigenvalue weighted by atomic mass is 32.2. The van der Waals surface area contributed by atoms with Gasteiger partial charge in [-0.05, 0) is 19.4 Å². The van der Waals surface area contributed by atoms with E-state index in [1.807, 2.05) is 13.8 Å². The molecule has 0 aromatic carbocycles. The smallest absolute Gasteiger partial charge is 0.166 e. The Labute approximate surface area is 97.3 Å². The summed E-state index contributed by atoms with van der Waals surface area (Å²) in [5.74, 6) is 0.996. The number of hydrogen-bond donors (Lipinski definition) is 1. The molecule has 16 heavy (non-hydrogen) atoms. The molecule has 1 heterocycles. The van der Waals surface area contributed by atoms with Gasteiger partial charge >= 0.3 is 0 Å². The SMILES string of the molecule is Cc1nnc(NCCS(C)=O)c(C#N)c1C. The fraction of sp³-hybridized carbons (Fsp3) is 0.500. The van der Waals surface area contributed by atoms with Gasteiger partial charge in [0.15, 0.2) is 5.82 Å². The molecule has 6 heteroatoms. The Morgan fingerprint density at radius 2 is 2.12 bits per heavy atom. The summed E-state index contributed by atoms with van der Waals surface area (Å²) in [5.41, 5.74) is 2.09. The molecule has 0 amide bonds. The van der Waals surface area contributed by atoms with E-state index in [1.54, 1.807) is 6.26 Å². The number of nitrogens with one attached hydrogen (secondary N) is 1. The third kappa shape index (κ3) is 3.00. The molecule has 1 aromatic heterocycles. The number of aromatic nitrogens is 2. The summed E-state index contributed by atoms with van der Waals surface area (Å²) in [6, 6.07) is 2.10. The van der Waals surface area contributed by atoms with Gasteiger partial charge in [-0.3, -0.25) is 4.21 Å². The Kier molecular flexibility index (Phi) is 4.38. The normalized spacial score (nSPS) is 11.9. The first-order chi connectivity index (χ1) is 7.56. The van der Waals surface area contributed by atoms with Crippen LogP contribution in [0.4, 0.5) is 5.82 Å². The van der Waals surface area contributed by atoms with Gasteiger partial charge in [-0.25, -0.2) is 0 Å². The summed E-state index contributed by atoms with van der Waals surface area (Å²) >= 11 is 0. The lowest BCUT2D eigenvalue weighted by Gasteiger charge is -2.08. The molecule has 1 rings (SSSR count). The fourth-order valence-corrected chi connectivity index (χ4v) is 1.57. The lowest BCUT2D eigenvalue weighted by molar-refractivity contribution is 0.687. The van der Waals surface area contributed by atoms with Gasteiger partial charge in [0.1, 0.15) is 11.6 Å². The van der Waals surface area contributed by atoms with E-state index in [-0.39, 0.29) is 0 Å². The van der Waals surface area contributed by atoms with Crippen LogP contribution in [0, 0.1) is 25.2 Å². The maximum atomic E-state index is 10.9. The predicted molar refractivity (Wildman–Crippen MR) is 63.6 cm³/mol. The van der Waals surface area contributed by atoms with Gasteiger partial charge in [0.25, 0.3) is 0 Å². The van der Waals surface area contributed by atoms with Crippen molar-refractivity contribution in [2.45, 2.75) is 13.8 Å². The Hall–Kier alpha value is -1.48. The largest absolute Gasteiger partial charge is 0.367 e. The molecule has 0 aliphatic carbocycles. The minimum absolute atomic E-state index is 0.469. The van der Waals surface area contributed by atoms with Crippen molar-refractivity contribution in [3.8, 4) is 6.07 Å². The van der Waals surface area contributed by atoms with Crippen molar-refractivity contribution < 1.29 is 4.21 Å². The van der Waals surface area contributed by atoms with Crippen LogP contribution in [0.5, 0.6) is 0 Å².